The molecule has 5 heteroatoms. The van der Waals surface area contributed by atoms with Crippen LogP contribution in [0.2, 0.25) is 5.02 Å². The average molecular weight is 279 g/mol. The summed E-state index contributed by atoms with van der Waals surface area (Å²) in [6.45, 7) is 0.306. The number of anilines is 1. The summed E-state index contributed by atoms with van der Waals surface area (Å²) >= 11 is 5.63. The lowest BCUT2D eigenvalue weighted by molar-refractivity contribution is 0.0951. The van der Waals surface area contributed by atoms with Crippen molar-refractivity contribution in [3.63, 3.8) is 0 Å². The number of amides is 1. The van der Waals surface area contributed by atoms with Gasteiger partial charge >= 0.3 is 0 Å². The highest BCUT2D eigenvalue weighted by atomic mass is 35.5. The second-order valence-corrected chi connectivity index (χ2v) is 4.42. The van der Waals surface area contributed by atoms with Crippen molar-refractivity contribution in [2.45, 2.75) is 6.54 Å². The van der Waals surface area contributed by atoms with E-state index in [2.05, 4.69) is 5.32 Å². The van der Waals surface area contributed by atoms with Crippen molar-refractivity contribution >= 4 is 23.2 Å². The van der Waals surface area contributed by atoms with Crippen molar-refractivity contribution in [3.05, 3.63) is 64.4 Å². The SMILES string of the molecule is Nc1ccccc1CNC(=O)c1ccc(F)c(Cl)c1. The van der Waals surface area contributed by atoms with Gasteiger partial charge in [0.1, 0.15) is 5.82 Å². The smallest absolute Gasteiger partial charge is 0.251 e. The summed E-state index contributed by atoms with van der Waals surface area (Å²) in [6, 6.07) is 11.1. The maximum absolute atomic E-state index is 13.0. The molecule has 0 atom stereocenters. The third kappa shape index (κ3) is 3.23. The van der Waals surface area contributed by atoms with Crippen molar-refractivity contribution in [1.82, 2.24) is 5.32 Å². The van der Waals surface area contributed by atoms with E-state index in [4.69, 9.17) is 17.3 Å². The number of carbonyl (C=O) groups is 1. The van der Waals surface area contributed by atoms with Crippen molar-refractivity contribution in [2.24, 2.45) is 0 Å². The van der Waals surface area contributed by atoms with E-state index in [0.29, 0.717) is 17.8 Å². The molecule has 0 bridgehead atoms. The molecule has 0 heterocycles. The van der Waals surface area contributed by atoms with E-state index in [9.17, 15) is 9.18 Å². The second-order valence-electron chi connectivity index (χ2n) is 4.01. The first kappa shape index (κ1) is 13.4. The number of carbonyl (C=O) groups excluding carboxylic acids is 1. The fourth-order valence-corrected chi connectivity index (χ4v) is 1.79. The summed E-state index contributed by atoms with van der Waals surface area (Å²) in [5.41, 5.74) is 7.51. The van der Waals surface area contributed by atoms with Gasteiger partial charge in [-0.05, 0) is 29.8 Å². The van der Waals surface area contributed by atoms with Crippen LogP contribution in [0.3, 0.4) is 0 Å². The van der Waals surface area contributed by atoms with Gasteiger partial charge in [0.2, 0.25) is 0 Å². The Bertz CT molecular complexity index is 616. The fraction of sp³-hybridized carbons (Fsp3) is 0.0714. The summed E-state index contributed by atoms with van der Waals surface area (Å²) in [4.78, 5) is 11.9. The number of para-hydroxylation sites is 1. The lowest BCUT2D eigenvalue weighted by atomic mass is 10.1. The highest BCUT2D eigenvalue weighted by Gasteiger charge is 2.09. The standard InChI is InChI=1S/C14H12ClFN2O/c15-11-7-9(5-6-12(11)16)14(19)18-8-10-3-1-2-4-13(10)17/h1-7H,8,17H2,(H,18,19). The number of nitrogens with two attached hydrogens (primary N) is 1. The zero-order valence-electron chi connectivity index (χ0n) is 9.99. The Kier molecular flexibility index (Phi) is 4.02. The summed E-state index contributed by atoms with van der Waals surface area (Å²) in [6.07, 6.45) is 0. The maximum Gasteiger partial charge on any atom is 0.251 e. The van der Waals surface area contributed by atoms with Gasteiger partial charge in [-0.3, -0.25) is 4.79 Å². The minimum Gasteiger partial charge on any atom is -0.398 e. The number of hydrogen-bond acceptors (Lipinski definition) is 2. The summed E-state index contributed by atoms with van der Waals surface area (Å²) in [7, 11) is 0. The molecule has 0 aromatic heterocycles. The number of rotatable bonds is 3. The number of benzene rings is 2. The average Bonchev–Trinajstić information content (AvgIpc) is 2.40. The van der Waals surface area contributed by atoms with E-state index < -0.39 is 5.82 Å². The molecule has 19 heavy (non-hydrogen) atoms. The monoisotopic (exact) mass is 278 g/mol. The molecule has 0 aliphatic carbocycles. The van der Waals surface area contributed by atoms with Gasteiger partial charge < -0.3 is 11.1 Å². The van der Waals surface area contributed by atoms with Gasteiger partial charge in [0.15, 0.2) is 0 Å². The maximum atomic E-state index is 13.0. The Hall–Kier alpha value is -2.07. The van der Waals surface area contributed by atoms with Crippen LogP contribution in [0, 0.1) is 5.82 Å². The van der Waals surface area contributed by atoms with Gasteiger partial charge in [0.25, 0.3) is 5.91 Å². The van der Waals surface area contributed by atoms with E-state index >= 15 is 0 Å². The Morgan fingerprint density at radius 3 is 2.68 bits per heavy atom. The molecule has 3 N–H and O–H groups in total. The normalized spacial score (nSPS) is 10.2. The minimum atomic E-state index is -0.550. The molecule has 98 valence electrons. The van der Waals surface area contributed by atoms with Crippen LogP contribution in [0.5, 0.6) is 0 Å². The van der Waals surface area contributed by atoms with Crippen molar-refractivity contribution in [1.29, 1.82) is 0 Å². The largest absolute Gasteiger partial charge is 0.398 e. The van der Waals surface area contributed by atoms with Gasteiger partial charge in [-0.15, -0.1) is 0 Å². The van der Waals surface area contributed by atoms with Gasteiger partial charge in [-0.25, -0.2) is 4.39 Å². The molecule has 0 aliphatic heterocycles. The van der Waals surface area contributed by atoms with Crippen molar-refractivity contribution < 1.29 is 9.18 Å². The molecule has 3 nitrogen and oxygen atoms in total. The minimum absolute atomic E-state index is 0.0770. The van der Waals surface area contributed by atoms with Crippen LogP contribution in [0.25, 0.3) is 0 Å². The van der Waals surface area contributed by atoms with Gasteiger partial charge in [0.05, 0.1) is 5.02 Å². The molecule has 1 amide bonds. The Morgan fingerprint density at radius 2 is 2.00 bits per heavy atom. The van der Waals surface area contributed by atoms with Crippen molar-refractivity contribution in [2.75, 3.05) is 5.73 Å². The predicted octanol–water partition coefficient (Wildman–Crippen LogP) is 2.99. The molecule has 0 radical (unpaired) electrons. The topological polar surface area (TPSA) is 55.1 Å². The molecule has 0 saturated heterocycles. The third-order valence-electron chi connectivity index (χ3n) is 2.68. The van der Waals surface area contributed by atoms with E-state index in [1.807, 2.05) is 18.2 Å². The van der Waals surface area contributed by atoms with Gasteiger partial charge in [-0.2, -0.15) is 0 Å². The molecule has 0 spiro atoms. The Morgan fingerprint density at radius 1 is 1.26 bits per heavy atom. The van der Waals surface area contributed by atoms with Crippen LogP contribution >= 0.6 is 11.6 Å². The van der Waals surface area contributed by atoms with E-state index in [1.54, 1.807) is 6.07 Å². The molecule has 0 fully saturated rings. The van der Waals surface area contributed by atoms with Crippen LogP contribution < -0.4 is 11.1 Å². The van der Waals surface area contributed by atoms with E-state index in [0.717, 1.165) is 11.6 Å². The third-order valence-corrected chi connectivity index (χ3v) is 2.97. The van der Waals surface area contributed by atoms with Crippen LogP contribution in [0.1, 0.15) is 15.9 Å². The predicted molar refractivity (Wildman–Crippen MR) is 73.4 cm³/mol. The fourth-order valence-electron chi connectivity index (χ4n) is 1.61. The van der Waals surface area contributed by atoms with Crippen LogP contribution in [-0.2, 0) is 6.54 Å². The summed E-state index contributed by atoms with van der Waals surface area (Å²) < 4.78 is 13.0. The summed E-state index contributed by atoms with van der Waals surface area (Å²) in [5, 5.41) is 2.63. The quantitative estimate of drug-likeness (QED) is 0.848. The Labute approximate surface area is 115 Å². The highest BCUT2D eigenvalue weighted by Crippen LogP contribution is 2.16. The van der Waals surface area contributed by atoms with E-state index in [-0.39, 0.29) is 10.9 Å². The van der Waals surface area contributed by atoms with E-state index in [1.165, 1.54) is 12.1 Å². The first-order chi connectivity index (χ1) is 9.08. The molecular weight excluding hydrogens is 267 g/mol. The molecule has 0 saturated carbocycles. The molecule has 2 aromatic rings. The second kappa shape index (κ2) is 5.71. The molecule has 2 aromatic carbocycles. The summed E-state index contributed by atoms with van der Waals surface area (Å²) in [5.74, 6) is -0.879. The van der Waals surface area contributed by atoms with Gasteiger partial charge in [-0.1, -0.05) is 29.8 Å². The van der Waals surface area contributed by atoms with Crippen molar-refractivity contribution in [3.8, 4) is 0 Å². The molecule has 0 unspecified atom stereocenters. The van der Waals surface area contributed by atoms with Crippen LogP contribution in [0.15, 0.2) is 42.5 Å². The zero-order chi connectivity index (χ0) is 13.8. The lowest BCUT2D eigenvalue weighted by Gasteiger charge is -2.08. The first-order valence-corrected chi connectivity index (χ1v) is 6.02. The molecule has 0 aliphatic rings. The lowest BCUT2D eigenvalue weighted by Crippen LogP contribution is -2.23. The number of hydrogen-bond donors (Lipinski definition) is 2. The first-order valence-electron chi connectivity index (χ1n) is 5.64. The van der Waals surface area contributed by atoms with Crippen LogP contribution in [-0.4, -0.2) is 5.91 Å². The highest BCUT2D eigenvalue weighted by molar-refractivity contribution is 6.31. The molecule has 2 rings (SSSR count). The zero-order valence-corrected chi connectivity index (χ0v) is 10.7. The molecular formula is C14H12ClFN2O. The number of nitrogens with one attached hydrogen (secondary N) is 1. The number of nitrogen functional groups attached to an aromatic ring is 1. The van der Waals surface area contributed by atoms with Gasteiger partial charge in [0, 0.05) is 17.8 Å². The number of halogens is 2. The Balaban J connectivity index is 2.05. The van der Waals surface area contributed by atoms with Crippen LogP contribution in [0.4, 0.5) is 10.1 Å².